The Balaban J connectivity index is 1.49. The van der Waals surface area contributed by atoms with Crippen molar-refractivity contribution in [1.82, 2.24) is 5.32 Å². The van der Waals surface area contributed by atoms with Gasteiger partial charge in [0.25, 0.3) is 5.69 Å². The standard InChI is InChI=1S/C31H41N3O6/c32-31(30(36)37,24-12-6-2-7-13-24)29(35)19-17-27(22-10-4-1-5-11-22)33-21-23-20-26(16-18-28(23)34(38)39)40-25-14-8-3-9-15-25/h3,8-9,14-16,18,20,22,24,27,33H,1-2,4-7,10-13,17,19,21,32H2,(H,36,37). The molecule has 4 N–H and O–H groups in total. The van der Waals surface area contributed by atoms with E-state index in [-0.39, 0.29) is 30.6 Å². The van der Waals surface area contributed by atoms with Gasteiger partial charge in [-0.1, -0.05) is 56.7 Å². The number of nitro groups is 1. The van der Waals surface area contributed by atoms with Crippen molar-refractivity contribution in [2.45, 2.75) is 95.2 Å². The number of nitro benzene ring substituents is 1. The summed E-state index contributed by atoms with van der Waals surface area (Å²) in [6.45, 7) is 0.229. The molecule has 9 nitrogen and oxygen atoms in total. The summed E-state index contributed by atoms with van der Waals surface area (Å²) in [4.78, 5) is 37.0. The first-order valence-electron chi connectivity index (χ1n) is 14.6. The van der Waals surface area contributed by atoms with E-state index in [9.17, 15) is 24.8 Å². The molecule has 40 heavy (non-hydrogen) atoms. The fourth-order valence-corrected chi connectivity index (χ4v) is 6.42. The second-order valence-corrected chi connectivity index (χ2v) is 11.3. The summed E-state index contributed by atoms with van der Waals surface area (Å²) in [7, 11) is 0. The highest BCUT2D eigenvalue weighted by atomic mass is 16.6. The minimum Gasteiger partial charge on any atom is -0.480 e. The van der Waals surface area contributed by atoms with Crippen LogP contribution in [0.4, 0.5) is 5.69 Å². The Morgan fingerprint density at radius 1 is 1.00 bits per heavy atom. The van der Waals surface area contributed by atoms with Crippen LogP contribution in [0, 0.1) is 22.0 Å². The molecule has 9 heteroatoms. The van der Waals surface area contributed by atoms with Gasteiger partial charge in [0.15, 0.2) is 11.3 Å². The minimum atomic E-state index is -1.86. The summed E-state index contributed by atoms with van der Waals surface area (Å²) in [5.41, 5.74) is 4.99. The van der Waals surface area contributed by atoms with E-state index in [4.69, 9.17) is 10.5 Å². The number of Topliss-reactive ketones (excluding diaryl/α,β-unsaturated/α-hetero) is 1. The maximum atomic E-state index is 13.4. The van der Waals surface area contributed by atoms with E-state index in [0.29, 0.717) is 42.2 Å². The Bertz CT molecular complexity index is 1160. The molecule has 0 bridgehead atoms. The third kappa shape index (κ3) is 7.26. The third-order valence-electron chi connectivity index (χ3n) is 8.75. The lowest BCUT2D eigenvalue weighted by molar-refractivity contribution is -0.385. The SMILES string of the molecule is NC(C(=O)O)(C(=O)CCC(NCc1cc(Oc2ccccc2)ccc1[N+](=O)[O-])C1CCCCC1)C1CCCCC1. The lowest BCUT2D eigenvalue weighted by Crippen LogP contribution is -2.60. The van der Waals surface area contributed by atoms with E-state index in [1.807, 2.05) is 30.3 Å². The maximum absolute atomic E-state index is 13.4. The van der Waals surface area contributed by atoms with Gasteiger partial charge in [-0.2, -0.15) is 0 Å². The predicted molar refractivity (Wildman–Crippen MR) is 152 cm³/mol. The van der Waals surface area contributed by atoms with E-state index in [0.717, 1.165) is 44.9 Å². The molecule has 4 rings (SSSR count). The quantitative estimate of drug-likeness (QED) is 0.153. The van der Waals surface area contributed by atoms with Crippen molar-refractivity contribution in [3.63, 3.8) is 0 Å². The molecule has 0 aliphatic heterocycles. The second-order valence-electron chi connectivity index (χ2n) is 11.3. The molecule has 2 fully saturated rings. The van der Waals surface area contributed by atoms with E-state index in [2.05, 4.69) is 5.32 Å². The number of carboxylic acid groups (broad SMARTS) is 1. The molecule has 2 aliphatic carbocycles. The molecule has 2 saturated carbocycles. The van der Waals surface area contributed by atoms with Crippen LogP contribution >= 0.6 is 0 Å². The van der Waals surface area contributed by atoms with Gasteiger partial charge in [0.1, 0.15) is 11.5 Å². The smallest absolute Gasteiger partial charge is 0.331 e. The second kappa shape index (κ2) is 13.9. The monoisotopic (exact) mass is 551 g/mol. The van der Waals surface area contributed by atoms with E-state index in [1.165, 1.54) is 12.5 Å². The predicted octanol–water partition coefficient (Wildman–Crippen LogP) is 6.14. The molecule has 0 amide bonds. The highest BCUT2D eigenvalue weighted by Gasteiger charge is 2.48. The average molecular weight is 552 g/mol. The molecule has 0 saturated heterocycles. The number of nitrogens with zero attached hydrogens (tertiary/aromatic N) is 1. The van der Waals surface area contributed by atoms with Crippen LogP contribution in [0.25, 0.3) is 0 Å². The number of carbonyl (C=O) groups is 2. The van der Waals surface area contributed by atoms with Crippen LogP contribution in [0.5, 0.6) is 11.5 Å². The number of aliphatic carboxylic acids is 1. The lowest BCUT2D eigenvalue weighted by Gasteiger charge is -2.36. The first-order valence-corrected chi connectivity index (χ1v) is 14.6. The average Bonchev–Trinajstić information content (AvgIpc) is 2.98. The summed E-state index contributed by atoms with van der Waals surface area (Å²) >= 11 is 0. The van der Waals surface area contributed by atoms with Crippen LogP contribution in [-0.2, 0) is 16.1 Å². The van der Waals surface area contributed by atoms with E-state index < -0.39 is 22.2 Å². The zero-order valence-electron chi connectivity index (χ0n) is 23.1. The first-order chi connectivity index (χ1) is 19.3. The van der Waals surface area contributed by atoms with Crippen LogP contribution in [0.15, 0.2) is 48.5 Å². The molecule has 0 radical (unpaired) electrons. The number of para-hydroxylation sites is 1. The van der Waals surface area contributed by atoms with Gasteiger partial charge in [-0.25, -0.2) is 4.79 Å². The van der Waals surface area contributed by atoms with E-state index >= 15 is 0 Å². The van der Waals surface area contributed by atoms with Crippen LogP contribution in [0.1, 0.15) is 82.6 Å². The number of ether oxygens (including phenoxy) is 1. The van der Waals surface area contributed by atoms with Crippen LogP contribution in [0.2, 0.25) is 0 Å². The van der Waals surface area contributed by atoms with E-state index in [1.54, 1.807) is 12.1 Å². The maximum Gasteiger partial charge on any atom is 0.331 e. The molecule has 2 unspecified atom stereocenters. The van der Waals surface area contributed by atoms with Crippen molar-refractivity contribution in [2.24, 2.45) is 17.6 Å². The highest BCUT2D eigenvalue weighted by molar-refractivity contribution is 6.07. The normalized spacial score (nSPS) is 18.9. The molecule has 2 aromatic rings. The molecule has 2 aromatic carbocycles. The largest absolute Gasteiger partial charge is 0.480 e. The third-order valence-corrected chi connectivity index (χ3v) is 8.75. The number of carboxylic acids is 1. The van der Waals surface area contributed by atoms with Crippen molar-refractivity contribution >= 4 is 17.4 Å². The summed E-state index contributed by atoms with van der Waals surface area (Å²) in [6, 6.07) is 13.9. The van der Waals surface area contributed by atoms with Gasteiger partial charge in [0.05, 0.1) is 4.92 Å². The van der Waals surface area contributed by atoms with Crippen molar-refractivity contribution in [1.29, 1.82) is 0 Å². The van der Waals surface area contributed by atoms with Gasteiger partial charge in [-0.3, -0.25) is 14.9 Å². The van der Waals surface area contributed by atoms with Crippen molar-refractivity contribution < 1.29 is 24.4 Å². The number of hydrogen-bond donors (Lipinski definition) is 3. The van der Waals surface area contributed by atoms with Gasteiger partial charge < -0.3 is 20.9 Å². The zero-order chi connectivity index (χ0) is 28.5. The van der Waals surface area contributed by atoms with Gasteiger partial charge in [0.2, 0.25) is 0 Å². The first kappa shape index (κ1) is 29.7. The zero-order valence-corrected chi connectivity index (χ0v) is 23.1. The summed E-state index contributed by atoms with van der Waals surface area (Å²) in [6.07, 6.45) is 9.99. The van der Waals surface area contributed by atoms with Crippen molar-refractivity contribution in [2.75, 3.05) is 0 Å². The molecule has 2 atom stereocenters. The molecular formula is C31H41N3O6. The van der Waals surface area contributed by atoms with Gasteiger partial charge >= 0.3 is 5.97 Å². The number of benzene rings is 2. The molecule has 216 valence electrons. The van der Waals surface area contributed by atoms with Crippen molar-refractivity contribution in [3.05, 3.63) is 64.2 Å². The van der Waals surface area contributed by atoms with Gasteiger partial charge in [-0.15, -0.1) is 0 Å². The minimum absolute atomic E-state index is 0.00414. The summed E-state index contributed by atoms with van der Waals surface area (Å²) < 4.78 is 5.91. The fraction of sp³-hybridized carbons (Fsp3) is 0.548. The highest BCUT2D eigenvalue weighted by Crippen LogP contribution is 2.35. The number of ketones is 1. The number of nitrogens with one attached hydrogen (secondary N) is 1. The number of carbonyl (C=O) groups excluding carboxylic acids is 1. The number of nitrogens with two attached hydrogens (primary N) is 1. The number of rotatable bonds is 13. The Kier molecular flexibility index (Phi) is 10.3. The Hall–Kier alpha value is -3.30. The molecular weight excluding hydrogens is 510 g/mol. The van der Waals surface area contributed by atoms with Crippen LogP contribution in [-0.4, -0.2) is 33.4 Å². The topological polar surface area (TPSA) is 145 Å². The Labute approximate surface area is 235 Å². The molecule has 0 spiro atoms. The Morgan fingerprint density at radius 2 is 1.65 bits per heavy atom. The van der Waals surface area contributed by atoms with Crippen LogP contribution < -0.4 is 15.8 Å². The van der Waals surface area contributed by atoms with Crippen LogP contribution in [0.3, 0.4) is 0 Å². The summed E-state index contributed by atoms with van der Waals surface area (Å²) in [5.74, 6) is -0.565. The van der Waals surface area contributed by atoms with Gasteiger partial charge in [0, 0.05) is 30.6 Å². The molecule has 2 aliphatic rings. The molecule has 0 heterocycles. The van der Waals surface area contributed by atoms with Gasteiger partial charge in [-0.05, 0) is 68.2 Å². The lowest BCUT2D eigenvalue weighted by atomic mass is 9.71. The summed E-state index contributed by atoms with van der Waals surface area (Å²) in [5, 5.41) is 25.3. The fourth-order valence-electron chi connectivity index (χ4n) is 6.42. The van der Waals surface area contributed by atoms with Crippen molar-refractivity contribution in [3.8, 4) is 11.5 Å². The Morgan fingerprint density at radius 3 is 2.27 bits per heavy atom. The molecule has 0 aromatic heterocycles. The number of hydrogen-bond acceptors (Lipinski definition) is 7.